The van der Waals surface area contributed by atoms with E-state index in [0.717, 1.165) is 154 Å². The van der Waals surface area contributed by atoms with E-state index < -0.39 is 91.5 Å². The first-order valence-corrected chi connectivity index (χ1v) is 42.2. The van der Waals surface area contributed by atoms with Crippen LogP contribution >= 0.6 is 15.6 Å². The molecule has 0 aliphatic rings. The lowest BCUT2D eigenvalue weighted by Crippen LogP contribution is -2.30. The number of hydrogen-bond donors (Lipinski definition) is 4. The quantitative estimate of drug-likeness (QED) is 0.0146. The van der Waals surface area contributed by atoms with Gasteiger partial charge in [0.1, 0.15) is 25.4 Å². The van der Waals surface area contributed by atoms with Gasteiger partial charge in [0, 0.05) is 19.3 Å². The van der Waals surface area contributed by atoms with Crippen molar-refractivity contribution in [2.24, 2.45) is 0 Å². The molecule has 0 saturated heterocycles. The van der Waals surface area contributed by atoms with Crippen molar-refractivity contribution >= 4 is 33.6 Å². The van der Waals surface area contributed by atoms with Crippen LogP contribution in [0.5, 0.6) is 0 Å². The van der Waals surface area contributed by atoms with Crippen LogP contribution in [0.2, 0.25) is 0 Å². The van der Waals surface area contributed by atoms with Crippen LogP contribution in [0.3, 0.4) is 0 Å². The van der Waals surface area contributed by atoms with Crippen molar-refractivity contribution in [3.8, 4) is 0 Å². The number of allylic oxidation sites excluding steroid dienone is 18. The molecule has 572 valence electrons. The molecule has 99 heavy (non-hydrogen) atoms. The van der Waals surface area contributed by atoms with Gasteiger partial charge in [-0.05, 0) is 116 Å². The van der Waals surface area contributed by atoms with Crippen LogP contribution in [0.1, 0.15) is 329 Å². The van der Waals surface area contributed by atoms with E-state index >= 15 is 0 Å². The molecule has 4 N–H and O–H groups in total. The lowest BCUT2D eigenvalue weighted by Gasteiger charge is -2.21. The number of ether oxygens (including phenoxy) is 3. The predicted molar refractivity (Wildman–Crippen MR) is 408 cm³/mol. The number of rotatable bonds is 74. The molecule has 5 unspecified atom stereocenters. The fourth-order valence-corrected chi connectivity index (χ4v) is 12.1. The molecule has 0 aromatic rings. The Kier molecular flexibility index (Phi) is 71.1. The molecule has 0 aromatic carbocycles. The average Bonchev–Trinajstić information content (AvgIpc) is 1.19. The Morgan fingerprint density at radius 3 is 0.859 bits per heavy atom. The Hall–Kier alpha value is -3.79. The van der Waals surface area contributed by atoms with E-state index in [-0.39, 0.29) is 19.3 Å². The zero-order chi connectivity index (χ0) is 72.3. The van der Waals surface area contributed by atoms with Crippen molar-refractivity contribution in [1.82, 2.24) is 0 Å². The molecule has 5 atom stereocenters. The highest BCUT2D eigenvalue weighted by Gasteiger charge is 2.29. The van der Waals surface area contributed by atoms with E-state index in [1.807, 2.05) is 0 Å². The number of carbonyl (C=O) groups is 3. The lowest BCUT2D eigenvalue weighted by atomic mass is 10.0. The lowest BCUT2D eigenvalue weighted by molar-refractivity contribution is -0.161. The summed E-state index contributed by atoms with van der Waals surface area (Å²) in [6.45, 7) is 2.41. The molecule has 0 heterocycles. The van der Waals surface area contributed by atoms with Gasteiger partial charge in [-0.2, -0.15) is 0 Å². The van der Waals surface area contributed by atoms with Gasteiger partial charge in [0.25, 0.3) is 0 Å². The van der Waals surface area contributed by atoms with Crippen LogP contribution in [0, 0.1) is 0 Å². The summed E-state index contributed by atoms with van der Waals surface area (Å²) in [7, 11) is -9.78. The zero-order valence-corrected chi connectivity index (χ0v) is 64.2. The summed E-state index contributed by atoms with van der Waals surface area (Å²) in [5, 5.41) is 20.6. The number of carbonyl (C=O) groups excluding carboxylic acids is 3. The molecule has 0 saturated carbocycles. The van der Waals surface area contributed by atoms with Gasteiger partial charge in [-0.15, -0.1) is 0 Å². The Balaban J connectivity index is 4.29. The van der Waals surface area contributed by atoms with Crippen LogP contribution in [0.4, 0.5) is 0 Å². The summed E-state index contributed by atoms with van der Waals surface area (Å²) in [6, 6.07) is 0. The third-order valence-corrected chi connectivity index (χ3v) is 18.4. The van der Waals surface area contributed by atoms with E-state index in [9.17, 15) is 43.5 Å². The van der Waals surface area contributed by atoms with Gasteiger partial charge in [-0.25, -0.2) is 9.13 Å². The van der Waals surface area contributed by atoms with Gasteiger partial charge < -0.3 is 34.2 Å². The van der Waals surface area contributed by atoms with Crippen LogP contribution in [0.25, 0.3) is 0 Å². The zero-order valence-electron chi connectivity index (χ0n) is 62.4. The van der Waals surface area contributed by atoms with Crippen molar-refractivity contribution in [3.05, 3.63) is 109 Å². The monoisotopic (exact) mass is 1430 g/mol. The molecule has 0 rings (SSSR count). The van der Waals surface area contributed by atoms with Crippen molar-refractivity contribution in [3.63, 3.8) is 0 Å². The number of phosphoric acid groups is 2. The van der Waals surface area contributed by atoms with Gasteiger partial charge in [0.15, 0.2) is 6.10 Å². The minimum atomic E-state index is -4.93. The van der Waals surface area contributed by atoms with E-state index in [4.69, 9.17) is 32.3 Å². The molecule has 16 nitrogen and oxygen atoms in total. The van der Waals surface area contributed by atoms with Gasteiger partial charge in [-0.1, -0.05) is 304 Å². The molecule has 0 spiro atoms. The number of esters is 3. The maximum Gasteiger partial charge on any atom is 0.472 e. The minimum absolute atomic E-state index is 0.0922. The summed E-state index contributed by atoms with van der Waals surface area (Å²) in [5.74, 6) is -1.59. The van der Waals surface area contributed by atoms with E-state index in [2.05, 4.69) is 130 Å². The topological polar surface area (TPSA) is 231 Å². The van der Waals surface area contributed by atoms with E-state index in [1.54, 1.807) is 0 Å². The number of unbranched alkanes of at least 4 members (excludes halogenated alkanes) is 33. The second-order valence-corrected chi connectivity index (χ2v) is 29.0. The van der Waals surface area contributed by atoms with Crippen LogP contribution in [0.15, 0.2) is 109 Å². The molecule has 0 amide bonds. The second-order valence-electron chi connectivity index (χ2n) is 26.1. The maximum atomic E-state index is 12.9. The summed E-state index contributed by atoms with van der Waals surface area (Å²) in [6.07, 6.45) is 86.1. The highest BCUT2D eigenvalue weighted by molar-refractivity contribution is 7.47. The average molecular weight is 1430 g/mol. The summed E-state index contributed by atoms with van der Waals surface area (Å²) < 4.78 is 61.0. The normalized spacial score (nSPS) is 14.6. The molecular formula is C81H142O16P2. The van der Waals surface area contributed by atoms with Gasteiger partial charge >= 0.3 is 33.6 Å². The third-order valence-electron chi connectivity index (χ3n) is 16.5. The number of phosphoric ester groups is 2. The fourth-order valence-electron chi connectivity index (χ4n) is 10.5. The Morgan fingerprint density at radius 1 is 0.293 bits per heavy atom. The molecule has 0 bridgehead atoms. The number of aliphatic hydroxyl groups is 2. The summed E-state index contributed by atoms with van der Waals surface area (Å²) in [5.41, 5.74) is 0. The molecule has 18 heteroatoms. The fraction of sp³-hybridized carbons (Fsp3) is 0.741. The summed E-state index contributed by atoms with van der Waals surface area (Å²) in [4.78, 5) is 58.4. The standard InChI is InChI=1S/C81H142O16P2/c1-4-7-10-13-16-19-22-24-26-28-29-30-31-32-33-34-35-36-37-38-39-40-41-42-43-44-45-47-49-50-53-55-58-61-64-67-79(84)91-70-76(82)71-93-98(87,88)94-72-77(83)73-95-99(89,90)96-75-78(97-81(86)69-66-63-60-57-52-21-18-15-12-9-6-3)74-92-80(85)68-65-62-59-56-54-51-48-46-27-25-23-20-17-14-11-8-5-2/h7-8,10-11,15-20,24-27,29-30,32-33,76-78,82-83H,4-6,9,12-14,21-23,28,31,34-75H2,1-3H3,(H,87,88)(H,89,90)/b10-7-,11-8-,18-15-,19-16-,20-17-,26-24-,27-25-,30-29-,33-32-. The van der Waals surface area contributed by atoms with Gasteiger partial charge in [-0.3, -0.25) is 32.5 Å². The molecular weight excluding hydrogens is 1290 g/mol. The van der Waals surface area contributed by atoms with E-state index in [1.165, 1.54) is 116 Å². The Bertz CT molecular complexity index is 2240. The van der Waals surface area contributed by atoms with Crippen molar-refractivity contribution in [2.45, 2.75) is 347 Å². The Morgan fingerprint density at radius 2 is 0.535 bits per heavy atom. The smallest absolute Gasteiger partial charge is 0.463 e. The highest BCUT2D eigenvalue weighted by Crippen LogP contribution is 2.45. The number of hydrogen-bond acceptors (Lipinski definition) is 14. The molecule has 0 aliphatic carbocycles. The largest absolute Gasteiger partial charge is 0.472 e. The third kappa shape index (κ3) is 75.2. The van der Waals surface area contributed by atoms with Crippen molar-refractivity contribution < 1.29 is 75.8 Å². The predicted octanol–water partition coefficient (Wildman–Crippen LogP) is 22.8. The van der Waals surface area contributed by atoms with Crippen molar-refractivity contribution in [2.75, 3.05) is 39.6 Å². The van der Waals surface area contributed by atoms with Gasteiger partial charge in [0.2, 0.25) is 0 Å². The van der Waals surface area contributed by atoms with Gasteiger partial charge in [0.05, 0.1) is 26.4 Å². The molecule has 0 aliphatic heterocycles. The SMILES string of the molecule is CC/C=C\C/C=C\C/C=C\C/C=C\C/C=C\CCCCCCCCCCCCCCCCCCCCCC(=O)OCC(O)COP(=O)(O)OCC(O)COP(=O)(O)OCC(COC(=O)CCCCCCCCC/C=C\C/C=C\C/C=C\CC)OC(=O)CCCCCCC/C=C\CCCC. The van der Waals surface area contributed by atoms with Crippen molar-refractivity contribution in [1.29, 1.82) is 0 Å². The second kappa shape index (κ2) is 73.9. The first-order chi connectivity index (χ1) is 48.2. The highest BCUT2D eigenvalue weighted by atomic mass is 31.2. The molecule has 0 aromatic heterocycles. The first-order valence-electron chi connectivity index (χ1n) is 39.2. The molecule has 0 fully saturated rings. The van der Waals surface area contributed by atoms with Crippen LogP contribution < -0.4 is 0 Å². The van der Waals surface area contributed by atoms with Crippen LogP contribution in [-0.4, -0.2) is 95.9 Å². The van der Waals surface area contributed by atoms with E-state index in [0.29, 0.717) is 19.3 Å². The molecule has 0 radical (unpaired) electrons. The first kappa shape index (κ1) is 95.2. The minimum Gasteiger partial charge on any atom is -0.463 e. The van der Waals surface area contributed by atoms with Crippen LogP contribution in [-0.2, 0) is 55.8 Å². The maximum absolute atomic E-state index is 12.9. The number of aliphatic hydroxyl groups excluding tert-OH is 2. The Labute approximate surface area is 602 Å². The summed E-state index contributed by atoms with van der Waals surface area (Å²) >= 11 is 0.